The van der Waals surface area contributed by atoms with E-state index in [0.29, 0.717) is 23.0 Å². The molecule has 1 heterocycles. The fraction of sp³-hybridized carbons (Fsp3) is 0.364. The van der Waals surface area contributed by atoms with Gasteiger partial charge >= 0.3 is 6.03 Å². The van der Waals surface area contributed by atoms with Gasteiger partial charge in [-0.15, -0.1) is 0 Å². The molecule has 5 heteroatoms. The molecule has 2 amide bonds. The lowest BCUT2D eigenvalue weighted by molar-refractivity contribution is 0.206. The average molecular weight is 241 g/mol. The molecule has 1 aliphatic heterocycles. The van der Waals surface area contributed by atoms with Crippen LogP contribution in [0.1, 0.15) is 6.92 Å². The van der Waals surface area contributed by atoms with E-state index < -0.39 is 0 Å². The van der Waals surface area contributed by atoms with Crippen molar-refractivity contribution in [1.29, 1.82) is 0 Å². The van der Waals surface area contributed by atoms with Gasteiger partial charge in [0.1, 0.15) is 11.9 Å². The zero-order chi connectivity index (χ0) is 11.7. The minimum atomic E-state index is -0.154. The van der Waals surface area contributed by atoms with Gasteiger partial charge in [0.15, 0.2) is 0 Å². The predicted molar refractivity (Wildman–Crippen MR) is 63.3 cm³/mol. The summed E-state index contributed by atoms with van der Waals surface area (Å²) in [7, 11) is 1.60. The summed E-state index contributed by atoms with van der Waals surface area (Å²) >= 11 is 5.91. The molecule has 0 spiro atoms. The first-order valence-corrected chi connectivity index (χ1v) is 5.45. The van der Waals surface area contributed by atoms with Gasteiger partial charge in [0.05, 0.1) is 12.2 Å². The molecule has 0 saturated heterocycles. The van der Waals surface area contributed by atoms with Crippen LogP contribution in [0, 0.1) is 0 Å². The molecule has 0 fully saturated rings. The number of nitrogens with one attached hydrogen (secondary N) is 1. The van der Waals surface area contributed by atoms with E-state index in [1.807, 2.05) is 6.92 Å². The second kappa shape index (κ2) is 4.22. The number of urea groups is 1. The maximum atomic E-state index is 11.7. The Morgan fingerprint density at radius 2 is 2.38 bits per heavy atom. The summed E-state index contributed by atoms with van der Waals surface area (Å²) in [6.45, 7) is 2.44. The standard InChI is InChI=1S/C11H13ClN2O2/c1-7-6-14(11(15)13-2)9-5-8(12)3-4-10(9)16-7/h3-5,7H,6H2,1-2H3,(H,13,15). The van der Waals surface area contributed by atoms with Gasteiger partial charge in [0, 0.05) is 12.1 Å². The highest BCUT2D eigenvalue weighted by molar-refractivity contribution is 6.31. The Bertz CT molecular complexity index is 422. The van der Waals surface area contributed by atoms with Crippen LogP contribution in [0.15, 0.2) is 18.2 Å². The number of fused-ring (bicyclic) bond motifs is 1. The third kappa shape index (κ3) is 1.93. The number of nitrogens with zero attached hydrogens (tertiary/aromatic N) is 1. The molecule has 1 aromatic carbocycles. The number of halogens is 1. The van der Waals surface area contributed by atoms with Crippen LogP contribution < -0.4 is 15.0 Å². The Hall–Kier alpha value is -1.42. The smallest absolute Gasteiger partial charge is 0.321 e. The SMILES string of the molecule is CNC(=O)N1CC(C)Oc2ccc(Cl)cc21. The molecule has 1 N–H and O–H groups in total. The largest absolute Gasteiger partial charge is 0.487 e. The second-order valence-electron chi connectivity index (χ2n) is 3.71. The van der Waals surface area contributed by atoms with Gasteiger partial charge in [-0.1, -0.05) is 11.6 Å². The van der Waals surface area contributed by atoms with Crippen LogP contribution in [-0.2, 0) is 0 Å². The summed E-state index contributed by atoms with van der Waals surface area (Å²) in [6, 6.07) is 5.11. The lowest BCUT2D eigenvalue weighted by atomic mass is 10.2. The van der Waals surface area contributed by atoms with Gasteiger partial charge in [-0.3, -0.25) is 4.90 Å². The molecule has 86 valence electrons. The summed E-state index contributed by atoms with van der Waals surface area (Å²) in [5.74, 6) is 0.687. The van der Waals surface area contributed by atoms with Crippen molar-refractivity contribution < 1.29 is 9.53 Å². The molecule has 4 nitrogen and oxygen atoms in total. The van der Waals surface area contributed by atoms with Gasteiger partial charge in [-0.2, -0.15) is 0 Å². The molecule has 2 rings (SSSR count). The van der Waals surface area contributed by atoms with E-state index in [1.165, 1.54) is 0 Å². The van der Waals surface area contributed by atoms with E-state index >= 15 is 0 Å². The lowest BCUT2D eigenvalue weighted by Crippen LogP contribution is -2.46. The second-order valence-corrected chi connectivity index (χ2v) is 4.14. The Morgan fingerprint density at radius 3 is 3.06 bits per heavy atom. The molecule has 1 aromatic rings. The molecular weight excluding hydrogens is 228 g/mol. The van der Waals surface area contributed by atoms with Crippen LogP contribution in [0.2, 0.25) is 5.02 Å². The number of anilines is 1. The van der Waals surface area contributed by atoms with Crippen molar-refractivity contribution >= 4 is 23.3 Å². The molecule has 1 aliphatic rings. The third-order valence-corrected chi connectivity index (χ3v) is 2.67. The van der Waals surface area contributed by atoms with Gasteiger partial charge in [-0.25, -0.2) is 4.79 Å². The Morgan fingerprint density at radius 1 is 1.62 bits per heavy atom. The van der Waals surface area contributed by atoms with Crippen LogP contribution in [0.4, 0.5) is 10.5 Å². The molecule has 0 aliphatic carbocycles. The minimum absolute atomic E-state index is 0.0222. The fourth-order valence-corrected chi connectivity index (χ4v) is 1.90. The zero-order valence-corrected chi connectivity index (χ0v) is 9.91. The van der Waals surface area contributed by atoms with E-state index in [0.717, 1.165) is 0 Å². The molecule has 0 saturated carbocycles. The molecule has 1 unspecified atom stereocenters. The van der Waals surface area contributed by atoms with Crippen molar-refractivity contribution in [2.75, 3.05) is 18.5 Å². The van der Waals surface area contributed by atoms with Gasteiger partial charge < -0.3 is 10.1 Å². The topological polar surface area (TPSA) is 41.6 Å². The van der Waals surface area contributed by atoms with E-state index in [-0.39, 0.29) is 12.1 Å². The first-order chi connectivity index (χ1) is 7.61. The molecule has 0 aromatic heterocycles. The molecule has 0 radical (unpaired) electrons. The lowest BCUT2D eigenvalue weighted by Gasteiger charge is -2.33. The predicted octanol–water partition coefficient (Wildman–Crippen LogP) is 2.27. The first kappa shape index (κ1) is 11.1. The summed E-state index contributed by atoms with van der Waals surface area (Å²) in [5, 5.41) is 3.19. The summed E-state index contributed by atoms with van der Waals surface area (Å²) in [6.07, 6.45) is -0.0222. The van der Waals surface area contributed by atoms with E-state index in [9.17, 15) is 4.79 Å². The first-order valence-electron chi connectivity index (χ1n) is 5.07. The van der Waals surface area contributed by atoms with Crippen LogP contribution in [0.3, 0.4) is 0 Å². The van der Waals surface area contributed by atoms with Crippen molar-refractivity contribution in [3.05, 3.63) is 23.2 Å². The van der Waals surface area contributed by atoms with Crippen molar-refractivity contribution in [3.8, 4) is 5.75 Å². The van der Waals surface area contributed by atoms with Crippen molar-refractivity contribution in [2.45, 2.75) is 13.0 Å². The van der Waals surface area contributed by atoms with Crippen molar-refractivity contribution in [3.63, 3.8) is 0 Å². The Balaban J connectivity index is 2.43. The Kier molecular flexibility index (Phi) is 2.92. The van der Waals surface area contributed by atoms with E-state index in [4.69, 9.17) is 16.3 Å². The summed E-state index contributed by atoms with van der Waals surface area (Å²) in [4.78, 5) is 13.3. The molecule has 0 bridgehead atoms. The number of hydrogen-bond acceptors (Lipinski definition) is 2. The third-order valence-electron chi connectivity index (χ3n) is 2.44. The van der Waals surface area contributed by atoms with E-state index in [1.54, 1.807) is 30.1 Å². The number of carbonyl (C=O) groups excluding carboxylic acids is 1. The van der Waals surface area contributed by atoms with Crippen LogP contribution >= 0.6 is 11.6 Å². The summed E-state index contributed by atoms with van der Waals surface area (Å²) in [5.41, 5.74) is 0.713. The number of hydrogen-bond donors (Lipinski definition) is 1. The molecule has 1 atom stereocenters. The van der Waals surface area contributed by atoms with E-state index in [2.05, 4.69) is 5.32 Å². The number of ether oxygens (including phenoxy) is 1. The number of rotatable bonds is 0. The quantitative estimate of drug-likeness (QED) is 0.756. The number of amides is 2. The van der Waals surface area contributed by atoms with Gasteiger partial charge in [0.25, 0.3) is 0 Å². The van der Waals surface area contributed by atoms with Crippen molar-refractivity contribution in [2.24, 2.45) is 0 Å². The highest BCUT2D eigenvalue weighted by atomic mass is 35.5. The van der Waals surface area contributed by atoms with Gasteiger partial charge in [-0.05, 0) is 25.1 Å². The molecule has 16 heavy (non-hydrogen) atoms. The maximum absolute atomic E-state index is 11.7. The normalized spacial score (nSPS) is 18.7. The molecular formula is C11H13ClN2O2. The van der Waals surface area contributed by atoms with Crippen molar-refractivity contribution in [1.82, 2.24) is 5.32 Å². The van der Waals surface area contributed by atoms with Gasteiger partial charge in [0.2, 0.25) is 0 Å². The van der Waals surface area contributed by atoms with Crippen LogP contribution in [0.25, 0.3) is 0 Å². The Labute approximate surface area is 99.1 Å². The number of benzene rings is 1. The maximum Gasteiger partial charge on any atom is 0.321 e. The minimum Gasteiger partial charge on any atom is -0.487 e. The van der Waals surface area contributed by atoms with Crippen LogP contribution in [-0.4, -0.2) is 25.7 Å². The zero-order valence-electron chi connectivity index (χ0n) is 9.16. The number of carbonyl (C=O) groups is 1. The summed E-state index contributed by atoms with van der Waals surface area (Å²) < 4.78 is 5.63. The monoisotopic (exact) mass is 240 g/mol. The fourth-order valence-electron chi connectivity index (χ4n) is 1.74. The highest BCUT2D eigenvalue weighted by Crippen LogP contribution is 2.35. The average Bonchev–Trinajstić information content (AvgIpc) is 2.27. The highest BCUT2D eigenvalue weighted by Gasteiger charge is 2.27. The van der Waals surface area contributed by atoms with Crippen LogP contribution in [0.5, 0.6) is 5.75 Å².